The third kappa shape index (κ3) is 5.29. The van der Waals surface area contributed by atoms with Crippen molar-refractivity contribution in [1.29, 1.82) is 0 Å². The van der Waals surface area contributed by atoms with Crippen molar-refractivity contribution in [1.82, 2.24) is 24.8 Å². The number of nitrogens with zero attached hydrogens (tertiary/aromatic N) is 4. The zero-order valence-electron chi connectivity index (χ0n) is 23.8. The predicted molar refractivity (Wildman–Crippen MR) is 158 cm³/mol. The quantitative estimate of drug-likeness (QED) is 0.348. The molecular formula is C30H36N6O5S. The van der Waals surface area contributed by atoms with Gasteiger partial charge in [-0.25, -0.2) is 9.78 Å². The zero-order chi connectivity index (χ0) is 29.4. The molecule has 1 aliphatic carbocycles. The summed E-state index contributed by atoms with van der Waals surface area (Å²) in [5.74, 6) is 0.174. The van der Waals surface area contributed by atoms with Crippen LogP contribution in [0.25, 0.3) is 20.9 Å². The SMILES string of the molecule is COC(=O)[C@@]12C[C@H]1C=CCCCCC[C@H](N)C(=O)N1C[C@H](Oc3ccnc4cc(-c5nccn5C)sc34)C[C@H]1C(=O)N2. The molecular weight excluding hydrogens is 556 g/mol. The molecule has 5 atom stereocenters. The van der Waals surface area contributed by atoms with E-state index in [1.807, 2.05) is 30.0 Å². The topological polar surface area (TPSA) is 142 Å². The van der Waals surface area contributed by atoms with Crippen molar-refractivity contribution < 1.29 is 23.9 Å². The summed E-state index contributed by atoms with van der Waals surface area (Å²) in [4.78, 5) is 51.6. The van der Waals surface area contributed by atoms with Crippen molar-refractivity contribution in [2.45, 2.75) is 68.7 Å². The predicted octanol–water partition coefficient (Wildman–Crippen LogP) is 2.94. The molecule has 5 heterocycles. The van der Waals surface area contributed by atoms with Crippen LogP contribution in [-0.4, -0.2) is 74.6 Å². The van der Waals surface area contributed by atoms with Gasteiger partial charge >= 0.3 is 5.97 Å². The molecule has 0 radical (unpaired) electrons. The van der Waals surface area contributed by atoms with Crippen molar-refractivity contribution in [2.24, 2.45) is 18.7 Å². The maximum Gasteiger partial charge on any atom is 0.332 e. The largest absolute Gasteiger partial charge is 0.487 e. The molecule has 2 amide bonds. The summed E-state index contributed by atoms with van der Waals surface area (Å²) in [6.45, 7) is 0.209. The first-order valence-corrected chi connectivity index (χ1v) is 15.3. The van der Waals surface area contributed by atoms with E-state index in [-0.39, 0.29) is 24.8 Å². The van der Waals surface area contributed by atoms with Crippen LogP contribution in [0.4, 0.5) is 0 Å². The summed E-state index contributed by atoms with van der Waals surface area (Å²) in [6, 6.07) is 2.25. The number of methoxy groups -OCH3 is 1. The van der Waals surface area contributed by atoms with Gasteiger partial charge in [0, 0.05) is 38.0 Å². The molecule has 222 valence electrons. The highest BCUT2D eigenvalue weighted by molar-refractivity contribution is 7.22. The smallest absolute Gasteiger partial charge is 0.332 e. The van der Waals surface area contributed by atoms with E-state index in [0.29, 0.717) is 18.6 Å². The number of aryl methyl sites for hydroxylation is 1. The van der Waals surface area contributed by atoms with Gasteiger partial charge in [-0.15, -0.1) is 11.3 Å². The van der Waals surface area contributed by atoms with E-state index in [9.17, 15) is 14.4 Å². The lowest BCUT2D eigenvalue weighted by Crippen LogP contribution is -2.55. The van der Waals surface area contributed by atoms with Crippen LogP contribution in [0.3, 0.4) is 0 Å². The van der Waals surface area contributed by atoms with Gasteiger partial charge in [0.15, 0.2) is 0 Å². The number of thiophene rings is 1. The molecule has 0 aromatic carbocycles. The number of carbonyl (C=O) groups is 3. The summed E-state index contributed by atoms with van der Waals surface area (Å²) in [6.07, 6.45) is 13.8. The second-order valence-electron chi connectivity index (χ2n) is 11.4. The van der Waals surface area contributed by atoms with Crippen molar-refractivity contribution in [2.75, 3.05) is 13.7 Å². The van der Waals surface area contributed by atoms with Crippen molar-refractivity contribution in [3.05, 3.63) is 42.9 Å². The zero-order valence-corrected chi connectivity index (χ0v) is 24.6. The van der Waals surface area contributed by atoms with Crippen molar-refractivity contribution in [3.8, 4) is 16.5 Å². The molecule has 12 heteroatoms. The number of nitrogens with two attached hydrogens (primary N) is 1. The van der Waals surface area contributed by atoms with Gasteiger partial charge < -0.3 is 30.0 Å². The van der Waals surface area contributed by atoms with E-state index >= 15 is 0 Å². The number of carbonyl (C=O) groups excluding carboxylic acids is 3. The summed E-state index contributed by atoms with van der Waals surface area (Å²) in [5, 5.41) is 2.96. The first-order chi connectivity index (χ1) is 20.3. The number of fused-ring (bicyclic) bond motifs is 3. The van der Waals surface area contributed by atoms with Crippen LogP contribution in [0.15, 0.2) is 42.9 Å². The Kier molecular flexibility index (Phi) is 7.75. The van der Waals surface area contributed by atoms with Gasteiger partial charge in [-0.05, 0) is 37.8 Å². The number of allylic oxidation sites excluding steroid dienone is 1. The molecule has 11 nitrogen and oxygen atoms in total. The van der Waals surface area contributed by atoms with Gasteiger partial charge in [0.25, 0.3) is 0 Å². The second-order valence-corrected chi connectivity index (χ2v) is 12.5. The van der Waals surface area contributed by atoms with E-state index in [1.54, 1.807) is 18.5 Å². The third-order valence-corrected chi connectivity index (χ3v) is 9.68. The summed E-state index contributed by atoms with van der Waals surface area (Å²) in [7, 11) is 3.26. The average molecular weight is 593 g/mol. The van der Waals surface area contributed by atoms with Crippen LogP contribution in [0.5, 0.6) is 5.75 Å². The number of esters is 1. The standard InChI is InChI=1S/C30H36N6O5S/c1-35-13-12-33-26(35)24-15-21-25(42-24)23(10-11-32-21)41-19-14-22-27(37)34-30(29(39)40-2)16-18(30)8-6-4-3-5-7-9-20(31)28(38)36(22)17-19/h6,8,10-13,15,18-20,22H,3-5,7,9,14,16-17,31H2,1-2H3,(H,34,37)/t18-,19-,20+,22+,30-/m1/s1. The van der Waals surface area contributed by atoms with Gasteiger partial charge in [0.1, 0.15) is 29.3 Å². The minimum absolute atomic E-state index is 0.143. The maximum atomic E-state index is 13.8. The minimum Gasteiger partial charge on any atom is -0.487 e. The minimum atomic E-state index is -1.12. The van der Waals surface area contributed by atoms with E-state index < -0.39 is 35.6 Å². The van der Waals surface area contributed by atoms with Gasteiger partial charge in [-0.2, -0.15) is 0 Å². The van der Waals surface area contributed by atoms with Gasteiger partial charge in [-0.1, -0.05) is 25.0 Å². The molecule has 3 aliphatic rings. The summed E-state index contributed by atoms with van der Waals surface area (Å²) in [5.41, 5.74) is 6.03. The maximum absolute atomic E-state index is 13.8. The summed E-state index contributed by atoms with van der Waals surface area (Å²) >= 11 is 1.53. The van der Waals surface area contributed by atoms with E-state index in [4.69, 9.17) is 15.2 Å². The normalized spacial score (nSPS) is 28.4. The molecule has 2 fully saturated rings. The average Bonchev–Trinajstić information content (AvgIpc) is 3.34. The van der Waals surface area contributed by atoms with E-state index in [1.165, 1.54) is 23.3 Å². The highest BCUT2D eigenvalue weighted by atomic mass is 32.1. The van der Waals surface area contributed by atoms with Crippen LogP contribution in [0.2, 0.25) is 0 Å². The van der Waals surface area contributed by atoms with Crippen LogP contribution >= 0.6 is 11.3 Å². The Morgan fingerprint density at radius 2 is 2.07 bits per heavy atom. The number of hydrogen-bond acceptors (Lipinski definition) is 9. The number of rotatable bonds is 4. The summed E-state index contributed by atoms with van der Waals surface area (Å²) < 4.78 is 14.4. The number of hydrogen-bond donors (Lipinski definition) is 2. The first-order valence-electron chi connectivity index (χ1n) is 14.5. The van der Waals surface area contributed by atoms with Crippen molar-refractivity contribution >= 4 is 39.3 Å². The molecule has 1 saturated heterocycles. The molecule has 2 aliphatic heterocycles. The molecule has 3 aromatic rings. The Balaban J connectivity index is 1.27. The number of pyridine rings is 1. The van der Waals surface area contributed by atoms with Crippen molar-refractivity contribution in [3.63, 3.8) is 0 Å². The second kappa shape index (κ2) is 11.5. The highest BCUT2D eigenvalue weighted by Gasteiger charge is 2.62. The molecule has 6 rings (SSSR count). The number of aromatic nitrogens is 3. The van der Waals surface area contributed by atoms with Crippen LogP contribution < -0.4 is 15.8 Å². The van der Waals surface area contributed by atoms with Crippen LogP contribution in [0.1, 0.15) is 44.9 Å². The fourth-order valence-electron chi connectivity index (χ4n) is 6.11. The molecule has 0 spiro atoms. The number of amides is 2. The Morgan fingerprint density at radius 3 is 2.86 bits per heavy atom. The fourth-order valence-corrected chi connectivity index (χ4v) is 7.22. The van der Waals surface area contributed by atoms with E-state index in [2.05, 4.69) is 21.4 Å². The van der Waals surface area contributed by atoms with Gasteiger partial charge in [0.05, 0.1) is 34.8 Å². The Labute approximate surface area is 248 Å². The lowest BCUT2D eigenvalue weighted by molar-refractivity contribution is -0.148. The van der Waals surface area contributed by atoms with Gasteiger partial charge in [0.2, 0.25) is 11.8 Å². The molecule has 3 aromatic heterocycles. The van der Waals surface area contributed by atoms with Gasteiger partial charge in [-0.3, -0.25) is 14.6 Å². The number of imidazole rings is 1. The third-order valence-electron chi connectivity index (χ3n) is 8.54. The number of nitrogens with one attached hydrogen (secondary N) is 1. The lowest BCUT2D eigenvalue weighted by atomic mass is 10.1. The molecule has 1 saturated carbocycles. The fraction of sp³-hybridized carbons (Fsp3) is 0.500. The Hall–Kier alpha value is -3.77. The molecule has 0 unspecified atom stereocenters. The molecule has 3 N–H and O–H groups in total. The van der Waals surface area contributed by atoms with Crippen LogP contribution in [-0.2, 0) is 26.2 Å². The lowest BCUT2D eigenvalue weighted by Gasteiger charge is -2.28. The van der Waals surface area contributed by atoms with E-state index in [0.717, 1.165) is 46.6 Å². The van der Waals surface area contributed by atoms with Crippen LogP contribution in [0, 0.1) is 5.92 Å². The molecule has 0 bridgehead atoms. The monoisotopic (exact) mass is 592 g/mol. The first kappa shape index (κ1) is 28.4. The molecule has 42 heavy (non-hydrogen) atoms. The highest BCUT2D eigenvalue weighted by Crippen LogP contribution is 2.46. The Bertz CT molecular complexity index is 1530. The number of ether oxygens (including phenoxy) is 2. The Morgan fingerprint density at radius 1 is 1.21 bits per heavy atom.